The molecule has 33 heavy (non-hydrogen) atoms. The molecular formula is C23H26ClF2N3O3S. The second kappa shape index (κ2) is 9.95. The molecule has 1 N–H and O–H groups in total. The molecule has 0 spiro atoms. The Morgan fingerprint density at radius 2 is 1.70 bits per heavy atom. The lowest BCUT2D eigenvalue weighted by atomic mass is 9.97. The normalized spacial score (nSPS) is 20.2. The molecule has 1 amide bonds. The highest BCUT2D eigenvalue weighted by molar-refractivity contribution is 7.89. The summed E-state index contributed by atoms with van der Waals surface area (Å²) in [7, 11) is -3.60. The fourth-order valence-corrected chi connectivity index (χ4v) is 6.01. The molecule has 0 bridgehead atoms. The summed E-state index contributed by atoms with van der Waals surface area (Å²) < 4.78 is 53.7. The van der Waals surface area contributed by atoms with Gasteiger partial charge in [0.25, 0.3) is 0 Å². The molecule has 2 heterocycles. The van der Waals surface area contributed by atoms with Gasteiger partial charge < -0.3 is 10.2 Å². The summed E-state index contributed by atoms with van der Waals surface area (Å²) in [5, 5.41) is 3.47. The first-order valence-corrected chi connectivity index (χ1v) is 12.8. The first-order valence-electron chi connectivity index (χ1n) is 11.0. The Morgan fingerprint density at radius 3 is 2.36 bits per heavy atom. The van der Waals surface area contributed by atoms with Crippen LogP contribution in [0.15, 0.2) is 47.4 Å². The molecule has 6 nitrogen and oxygen atoms in total. The summed E-state index contributed by atoms with van der Waals surface area (Å²) in [5.41, 5.74) is 0.636. The van der Waals surface area contributed by atoms with Gasteiger partial charge in [-0.3, -0.25) is 4.79 Å². The number of nitrogens with zero attached hydrogens (tertiary/aromatic N) is 2. The minimum atomic E-state index is -3.60. The van der Waals surface area contributed by atoms with E-state index in [2.05, 4.69) is 5.32 Å². The Hall–Kier alpha value is -2.23. The molecule has 1 unspecified atom stereocenters. The zero-order valence-electron chi connectivity index (χ0n) is 18.0. The van der Waals surface area contributed by atoms with Crippen LogP contribution in [0.5, 0.6) is 0 Å². The number of benzene rings is 2. The molecule has 4 rings (SSSR count). The molecule has 2 saturated heterocycles. The number of nitrogens with one attached hydrogen (secondary N) is 1. The number of amides is 1. The third kappa shape index (κ3) is 5.47. The zero-order chi connectivity index (χ0) is 23.6. The number of sulfonamides is 1. The maximum absolute atomic E-state index is 13.5. The van der Waals surface area contributed by atoms with E-state index in [4.69, 9.17) is 11.6 Å². The summed E-state index contributed by atoms with van der Waals surface area (Å²) in [4.78, 5) is 14.8. The first kappa shape index (κ1) is 23.9. The van der Waals surface area contributed by atoms with Crippen LogP contribution in [0.25, 0.3) is 0 Å². The second-order valence-electron chi connectivity index (χ2n) is 8.58. The fraction of sp³-hybridized carbons (Fsp3) is 0.435. The summed E-state index contributed by atoms with van der Waals surface area (Å²) in [5.74, 6) is -1.81. The maximum atomic E-state index is 13.5. The minimum absolute atomic E-state index is 0.0650. The average molecular weight is 498 g/mol. The van der Waals surface area contributed by atoms with Crippen LogP contribution in [0, 0.1) is 23.5 Å². The van der Waals surface area contributed by atoms with Gasteiger partial charge in [0.15, 0.2) is 11.6 Å². The van der Waals surface area contributed by atoms with Crippen LogP contribution in [0.4, 0.5) is 14.5 Å². The van der Waals surface area contributed by atoms with Crippen LogP contribution >= 0.6 is 11.6 Å². The second-order valence-corrected chi connectivity index (χ2v) is 11.0. The van der Waals surface area contributed by atoms with Gasteiger partial charge in [-0.2, -0.15) is 4.31 Å². The Labute approximate surface area is 197 Å². The largest absolute Gasteiger partial charge is 0.371 e. The SMILES string of the molecule is O=C(NCC1CCN(c2ccc(F)c(F)c2)C1)C1CCN(S(=O)(=O)c2ccc(Cl)cc2)CC1. The van der Waals surface area contributed by atoms with E-state index in [1.807, 2.05) is 4.90 Å². The highest BCUT2D eigenvalue weighted by Crippen LogP contribution is 2.27. The topological polar surface area (TPSA) is 69.7 Å². The summed E-state index contributed by atoms with van der Waals surface area (Å²) in [6.45, 7) is 2.45. The summed E-state index contributed by atoms with van der Waals surface area (Å²) in [6.07, 6.45) is 1.77. The third-order valence-electron chi connectivity index (χ3n) is 6.40. The number of carbonyl (C=O) groups is 1. The van der Waals surface area contributed by atoms with Crippen molar-refractivity contribution in [2.45, 2.75) is 24.2 Å². The molecule has 2 aliphatic rings. The van der Waals surface area contributed by atoms with Gasteiger partial charge in [-0.1, -0.05) is 11.6 Å². The van der Waals surface area contributed by atoms with Gasteiger partial charge in [-0.25, -0.2) is 17.2 Å². The molecule has 2 aromatic carbocycles. The quantitative estimate of drug-likeness (QED) is 0.661. The summed E-state index contributed by atoms with van der Waals surface area (Å²) in [6, 6.07) is 9.95. The van der Waals surface area contributed by atoms with Gasteiger partial charge in [-0.05, 0) is 61.6 Å². The number of piperidine rings is 1. The molecule has 10 heteroatoms. The van der Waals surface area contributed by atoms with Crippen LogP contribution in [0.1, 0.15) is 19.3 Å². The number of anilines is 1. The molecule has 2 aromatic rings. The molecule has 1 atom stereocenters. The van der Waals surface area contributed by atoms with Crippen molar-refractivity contribution >= 4 is 33.2 Å². The van der Waals surface area contributed by atoms with Crippen molar-refractivity contribution in [2.24, 2.45) is 11.8 Å². The standard InChI is InChI=1S/C23H26ClF2N3O3S/c24-18-1-4-20(5-2-18)33(31,32)29-11-8-17(9-12-29)23(30)27-14-16-7-10-28(15-16)19-3-6-21(25)22(26)13-19/h1-6,13,16-17H,7-12,14-15H2,(H,27,30). The number of halogens is 3. The zero-order valence-corrected chi connectivity index (χ0v) is 19.6. The molecular weight excluding hydrogens is 472 g/mol. The van der Waals surface area contributed by atoms with E-state index in [0.29, 0.717) is 43.2 Å². The predicted octanol–water partition coefficient (Wildman–Crippen LogP) is 3.66. The number of hydrogen-bond acceptors (Lipinski definition) is 4. The van der Waals surface area contributed by atoms with E-state index in [1.54, 1.807) is 18.2 Å². The van der Waals surface area contributed by atoms with Crippen molar-refractivity contribution in [3.63, 3.8) is 0 Å². The van der Waals surface area contributed by atoms with E-state index in [1.165, 1.54) is 22.5 Å². The average Bonchev–Trinajstić information content (AvgIpc) is 3.29. The van der Waals surface area contributed by atoms with Crippen LogP contribution in [-0.4, -0.2) is 51.4 Å². The molecule has 0 saturated carbocycles. The highest BCUT2D eigenvalue weighted by Gasteiger charge is 2.32. The lowest BCUT2D eigenvalue weighted by molar-refractivity contribution is -0.126. The maximum Gasteiger partial charge on any atom is 0.243 e. The van der Waals surface area contributed by atoms with Crippen molar-refractivity contribution in [1.29, 1.82) is 0 Å². The van der Waals surface area contributed by atoms with Gasteiger partial charge in [0.1, 0.15) is 0 Å². The first-order chi connectivity index (χ1) is 15.7. The number of hydrogen-bond donors (Lipinski definition) is 1. The summed E-state index contributed by atoms with van der Waals surface area (Å²) >= 11 is 5.85. The molecule has 2 fully saturated rings. The smallest absolute Gasteiger partial charge is 0.243 e. The van der Waals surface area contributed by atoms with Crippen molar-refractivity contribution in [1.82, 2.24) is 9.62 Å². The van der Waals surface area contributed by atoms with Crippen molar-refractivity contribution < 1.29 is 22.0 Å². The van der Waals surface area contributed by atoms with Crippen LogP contribution in [-0.2, 0) is 14.8 Å². The van der Waals surface area contributed by atoms with E-state index in [-0.39, 0.29) is 35.7 Å². The Morgan fingerprint density at radius 1 is 1.00 bits per heavy atom. The number of carbonyl (C=O) groups excluding carboxylic acids is 1. The number of rotatable bonds is 6. The van der Waals surface area contributed by atoms with E-state index < -0.39 is 21.7 Å². The lowest BCUT2D eigenvalue weighted by Gasteiger charge is -2.30. The van der Waals surface area contributed by atoms with Crippen LogP contribution < -0.4 is 10.2 Å². The van der Waals surface area contributed by atoms with Crippen LogP contribution in [0.3, 0.4) is 0 Å². The third-order valence-corrected chi connectivity index (χ3v) is 8.56. The van der Waals surface area contributed by atoms with Gasteiger partial charge in [-0.15, -0.1) is 0 Å². The fourth-order valence-electron chi connectivity index (χ4n) is 4.42. The molecule has 0 aliphatic carbocycles. The van der Waals surface area contributed by atoms with Gasteiger partial charge in [0.05, 0.1) is 4.90 Å². The highest BCUT2D eigenvalue weighted by atomic mass is 35.5. The van der Waals surface area contributed by atoms with Gasteiger partial charge >= 0.3 is 0 Å². The molecule has 0 aromatic heterocycles. The van der Waals surface area contributed by atoms with Crippen molar-refractivity contribution in [3.8, 4) is 0 Å². The Balaban J connectivity index is 1.24. The van der Waals surface area contributed by atoms with Crippen molar-refractivity contribution in [3.05, 3.63) is 59.1 Å². The van der Waals surface area contributed by atoms with Gasteiger partial charge in [0.2, 0.25) is 15.9 Å². The van der Waals surface area contributed by atoms with Gasteiger partial charge in [0, 0.05) is 55.4 Å². The van der Waals surface area contributed by atoms with E-state index in [9.17, 15) is 22.0 Å². The Bertz CT molecular complexity index is 1110. The molecule has 0 radical (unpaired) electrons. The predicted molar refractivity (Wildman–Crippen MR) is 123 cm³/mol. The van der Waals surface area contributed by atoms with Crippen molar-refractivity contribution in [2.75, 3.05) is 37.6 Å². The monoisotopic (exact) mass is 497 g/mol. The molecule has 178 valence electrons. The Kier molecular flexibility index (Phi) is 7.21. The van der Waals surface area contributed by atoms with Crippen LogP contribution in [0.2, 0.25) is 5.02 Å². The molecule has 2 aliphatic heterocycles. The minimum Gasteiger partial charge on any atom is -0.371 e. The van der Waals surface area contributed by atoms with E-state index >= 15 is 0 Å². The lowest BCUT2D eigenvalue weighted by Crippen LogP contribution is -2.43. The van der Waals surface area contributed by atoms with E-state index in [0.717, 1.165) is 12.5 Å².